The Balaban J connectivity index is 1.32. The summed E-state index contributed by atoms with van der Waals surface area (Å²) < 4.78 is 10.8. The maximum absolute atomic E-state index is 12.4. The number of anilines is 1. The van der Waals surface area contributed by atoms with Gasteiger partial charge in [-0.3, -0.25) is 4.79 Å². The maximum atomic E-state index is 12.4. The van der Waals surface area contributed by atoms with Gasteiger partial charge in [-0.05, 0) is 41.7 Å². The van der Waals surface area contributed by atoms with Crippen LogP contribution in [0.15, 0.2) is 42.5 Å². The predicted octanol–water partition coefficient (Wildman–Crippen LogP) is 4.36. The van der Waals surface area contributed by atoms with Gasteiger partial charge in [0, 0.05) is 30.1 Å². The first-order valence-electron chi connectivity index (χ1n) is 10.6. The molecule has 0 aliphatic carbocycles. The van der Waals surface area contributed by atoms with E-state index in [0.717, 1.165) is 10.9 Å². The smallest absolute Gasteiger partial charge is 0.251 e. The molecule has 3 aromatic rings. The van der Waals surface area contributed by atoms with Crippen molar-refractivity contribution in [3.63, 3.8) is 0 Å². The van der Waals surface area contributed by atoms with E-state index in [4.69, 9.17) is 9.47 Å². The first-order valence-corrected chi connectivity index (χ1v) is 10.6. The van der Waals surface area contributed by atoms with Gasteiger partial charge in [-0.25, -0.2) is 4.98 Å². The van der Waals surface area contributed by atoms with Crippen LogP contribution in [-0.2, 0) is 5.41 Å². The Morgan fingerprint density at radius 2 is 1.81 bits per heavy atom. The fourth-order valence-electron chi connectivity index (χ4n) is 3.50. The number of nitrogens with one attached hydrogen (secondary N) is 2. The lowest BCUT2D eigenvalue weighted by Crippen LogP contribution is -2.26. The van der Waals surface area contributed by atoms with E-state index in [1.807, 2.05) is 36.4 Å². The number of rotatable bonds is 6. The zero-order chi connectivity index (χ0) is 22.7. The molecule has 0 radical (unpaired) electrons. The van der Waals surface area contributed by atoms with E-state index in [9.17, 15) is 10.1 Å². The molecule has 2 N–H and O–H groups in total. The SMILES string of the molecule is CC(C)(C)c1ccc(C(=O)NCCCNc2nc3cc4c(cc3cc2C#N)OCO4)cc1. The molecule has 2 heterocycles. The molecule has 0 saturated heterocycles. The second-order valence-electron chi connectivity index (χ2n) is 8.76. The number of hydrogen-bond acceptors (Lipinski definition) is 6. The highest BCUT2D eigenvalue weighted by molar-refractivity contribution is 5.94. The number of benzene rings is 2. The number of carbonyl (C=O) groups is 1. The highest BCUT2D eigenvalue weighted by Gasteiger charge is 2.17. The van der Waals surface area contributed by atoms with Gasteiger partial charge in [0.15, 0.2) is 11.5 Å². The van der Waals surface area contributed by atoms with E-state index in [1.54, 1.807) is 6.07 Å². The summed E-state index contributed by atoms with van der Waals surface area (Å²) in [5.41, 5.74) is 3.08. The fraction of sp³-hybridized carbons (Fsp3) is 0.320. The molecule has 0 fully saturated rings. The zero-order valence-corrected chi connectivity index (χ0v) is 18.5. The summed E-state index contributed by atoms with van der Waals surface area (Å²) in [5, 5.41) is 16.5. The Kier molecular flexibility index (Phi) is 5.87. The van der Waals surface area contributed by atoms with Crippen molar-refractivity contribution in [1.29, 1.82) is 5.26 Å². The van der Waals surface area contributed by atoms with Crippen molar-refractivity contribution in [3.8, 4) is 17.6 Å². The normalized spacial score (nSPS) is 12.4. The van der Waals surface area contributed by atoms with Gasteiger partial charge < -0.3 is 20.1 Å². The summed E-state index contributed by atoms with van der Waals surface area (Å²) in [5.74, 6) is 1.73. The third-order valence-electron chi connectivity index (χ3n) is 5.37. The number of amides is 1. The highest BCUT2D eigenvalue weighted by atomic mass is 16.7. The number of fused-ring (bicyclic) bond motifs is 2. The minimum Gasteiger partial charge on any atom is -0.454 e. The largest absolute Gasteiger partial charge is 0.454 e. The Hall–Kier alpha value is -3.79. The summed E-state index contributed by atoms with van der Waals surface area (Å²) in [6.07, 6.45) is 0.692. The lowest BCUT2D eigenvalue weighted by Gasteiger charge is -2.19. The van der Waals surface area contributed by atoms with Gasteiger partial charge in [0.05, 0.1) is 11.1 Å². The molecule has 1 amide bonds. The molecule has 4 rings (SSSR count). The second-order valence-corrected chi connectivity index (χ2v) is 8.76. The van der Waals surface area contributed by atoms with E-state index in [1.165, 1.54) is 5.56 Å². The molecule has 1 aliphatic heterocycles. The predicted molar refractivity (Wildman–Crippen MR) is 123 cm³/mol. The Labute approximate surface area is 187 Å². The molecule has 7 heteroatoms. The van der Waals surface area contributed by atoms with Crippen LogP contribution in [-0.4, -0.2) is 30.8 Å². The molecule has 0 unspecified atom stereocenters. The van der Waals surface area contributed by atoms with Gasteiger partial charge in [-0.2, -0.15) is 5.26 Å². The first-order chi connectivity index (χ1) is 15.3. The molecule has 1 aliphatic rings. The van der Waals surface area contributed by atoms with Crippen molar-refractivity contribution in [2.45, 2.75) is 32.6 Å². The standard InChI is InChI=1S/C25H26N4O3/c1-25(2,3)19-7-5-16(6-8-19)24(30)28-10-4-9-27-23-18(14-26)11-17-12-21-22(32-15-31-21)13-20(17)29-23/h5-8,11-13H,4,9-10,15H2,1-3H3,(H,27,29)(H,28,30). The number of carbonyl (C=O) groups excluding carboxylic acids is 1. The van der Waals surface area contributed by atoms with Crippen molar-refractivity contribution < 1.29 is 14.3 Å². The zero-order valence-electron chi connectivity index (χ0n) is 18.5. The van der Waals surface area contributed by atoms with Crippen molar-refractivity contribution in [1.82, 2.24) is 10.3 Å². The Morgan fingerprint density at radius 1 is 1.09 bits per heavy atom. The van der Waals surface area contributed by atoms with E-state index in [-0.39, 0.29) is 18.1 Å². The van der Waals surface area contributed by atoms with Crippen LogP contribution in [0.4, 0.5) is 5.82 Å². The molecule has 0 bridgehead atoms. The van der Waals surface area contributed by atoms with Gasteiger partial charge in [0.25, 0.3) is 5.91 Å². The van der Waals surface area contributed by atoms with Gasteiger partial charge in [0.2, 0.25) is 6.79 Å². The average molecular weight is 431 g/mol. The molecular formula is C25H26N4O3. The van der Waals surface area contributed by atoms with Crippen LogP contribution in [0, 0.1) is 11.3 Å². The summed E-state index contributed by atoms with van der Waals surface area (Å²) in [4.78, 5) is 16.9. The number of ether oxygens (including phenoxy) is 2. The van der Waals surface area contributed by atoms with E-state index >= 15 is 0 Å². The number of hydrogen-bond donors (Lipinski definition) is 2. The van der Waals surface area contributed by atoms with Crippen LogP contribution in [0.2, 0.25) is 0 Å². The Bertz CT molecular complexity index is 1190. The summed E-state index contributed by atoms with van der Waals surface area (Å²) in [6.45, 7) is 7.71. The summed E-state index contributed by atoms with van der Waals surface area (Å²) in [6, 6.07) is 15.3. The number of nitrogens with zero attached hydrogens (tertiary/aromatic N) is 2. The van der Waals surface area contributed by atoms with Gasteiger partial charge >= 0.3 is 0 Å². The maximum Gasteiger partial charge on any atom is 0.251 e. The van der Waals surface area contributed by atoms with Crippen LogP contribution in [0.3, 0.4) is 0 Å². The third kappa shape index (κ3) is 4.59. The Morgan fingerprint density at radius 3 is 2.50 bits per heavy atom. The average Bonchev–Trinajstić information content (AvgIpc) is 3.23. The van der Waals surface area contributed by atoms with Crippen molar-refractivity contribution >= 4 is 22.6 Å². The summed E-state index contributed by atoms with van der Waals surface area (Å²) >= 11 is 0. The topological polar surface area (TPSA) is 96.3 Å². The lowest BCUT2D eigenvalue weighted by molar-refractivity contribution is 0.0953. The molecule has 0 atom stereocenters. The van der Waals surface area contributed by atoms with E-state index in [2.05, 4.69) is 42.5 Å². The molecule has 7 nitrogen and oxygen atoms in total. The van der Waals surface area contributed by atoms with E-state index < -0.39 is 0 Å². The molecular weight excluding hydrogens is 404 g/mol. The minimum absolute atomic E-state index is 0.0562. The minimum atomic E-state index is -0.0944. The van der Waals surface area contributed by atoms with Gasteiger partial charge in [0.1, 0.15) is 11.9 Å². The van der Waals surface area contributed by atoms with E-state index in [0.29, 0.717) is 48.0 Å². The van der Waals surface area contributed by atoms with Crippen LogP contribution >= 0.6 is 0 Å². The number of pyridine rings is 1. The molecule has 0 spiro atoms. The molecule has 1 aromatic heterocycles. The number of nitriles is 1. The highest BCUT2D eigenvalue weighted by Crippen LogP contribution is 2.36. The van der Waals surface area contributed by atoms with Crippen LogP contribution in [0.5, 0.6) is 11.5 Å². The quantitative estimate of drug-likeness (QED) is 0.564. The second kappa shape index (κ2) is 8.75. The monoisotopic (exact) mass is 430 g/mol. The van der Waals surface area contributed by atoms with Crippen LogP contribution in [0.25, 0.3) is 10.9 Å². The molecule has 2 aromatic carbocycles. The van der Waals surface area contributed by atoms with Gasteiger partial charge in [-0.1, -0.05) is 32.9 Å². The van der Waals surface area contributed by atoms with Crippen molar-refractivity contribution in [2.75, 3.05) is 25.2 Å². The molecule has 0 saturated carbocycles. The lowest BCUT2D eigenvalue weighted by atomic mass is 9.87. The molecule has 32 heavy (non-hydrogen) atoms. The van der Waals surface area contributed by atoms with Crippen molar-refractivity contribution in [2.24, 2.45) is 0 Å². The third-order valence-corrected chi connectivity index (χ3v) is 5.37. The summed E-state index contributed by atoms with van der Waals surface area (Å²) in [7, 11) is 0. The number of aromatic nitrogens is 1. The van der Waals surface area contributed by atoms with Crippen LogP contribution < -0.4 is 20.1 Å². The first kappa shape index (κ1) is 21.4. The van der Waals surface area contributed by atoms with Gasteiger partial charge in [-0.15, -0.1) is 0 Å². The fourth-order valence-corrected chi connectivity index (χ4v) is 3.50. The van der Waals surface area contributed by atoms with Crippen LogP contribution in [0.1, 0.15) is 48.7 Å². The molecule has 164 valence electrons. The van der Waals surface area contributed by atoms with Crippen molar-refractivity contribution in [3.05, 3.63) is 59.2 Å².